The number of aryl methyl sites for hydroxylation is 1. The molecule has 3 aliphatic rings. The number of pyridine rings is 1. The number of anilines is 1. The van der Waals surface area contributed by atoms with E-state index in [-0.39, 0.29) is 5.91 Å². The lowest BCUT2D eigenvalue weighted by atomic mass is 9.79. The molecule has 2 atom stereocenters. The zero-order valence-corrected chi connectivity index (χ0v) is 17.6. The van der Waals surface area contributed by atoms with Gasteiger partial charge in [-0.05, 0) is 61.8 Å². The number of carbonyl (C=O) groups is 1. The zero-order chi connectivity index (χ0) is 20.5. The monoisotopic (exact) mass is 405 g/mol. The van der Waals surface area contributed by atoms with E-state index in [9.17, 15) is 4.79 Å². The highest BCUT2D eigenvalue weighted by Gasteiger charge is 2.37. The minimum atomic E-state index is 0.0262. The van der Waals surface area contributed by atoms with Crippen LogP contribution in [0.25, 0.3) is 0 Å². The summed E-state index contributed by atoms with van der Waals surface area (Å²) in [5, 5.41) is 3.07. The highest BCUT2D eigenvalue weighted by molar-refractivity contribution is 5.95. The van der Waals surface area contributed by atoms with Gasteiger partial charge in [-0.1, -0.05) is 24.3 Å². The van der Waals surface area contributed by atoms with E-state index in [4.69, 9.17) is 0 Å². The van der Waals surface area contributed by atoms with Gasteiger partial charge in [0.2, 0.25) is 0 Å². The molecule has 0 radical (unpaired) electrons. The van der Waals surface area contributed by atoms with Crippen LogP contribution >= 0.6 is 0 Å². The third-order valence-corrected chi connectivity index (χ3v) is 6.90. The van der Waals surface area contributed by atoms with Gasteiger partial charge >= 0.3 is 0 Å². The van der Waals surface area contributed by atoms with Crippen molar-refractivity contribution in [1.29, 1.82) is 0 Å². The van der Waals surface area contributed by atoms with Gasteiger partial charge in [-0.3, -0.25) is 15.6 Å². The van der Waals surface area contributed by atoms with Crippen LogP contribution < -0.4 is 21.1 Å². The summed E-state index contributed by atoms with van der Waals surface area (Å²) in [6.07, 6.45) is 6.22. The lowest BCUT2D eigenvalue weighted by Crippen LogP contribution is -2.44. The smallest absolute Gasteiger partial charge is 0.251 e. The van der Waals surface area contributed by atoms with Crippen molar-refractivity contribution in [2.75, 3.05) is 24.5 Å². The first-order valence-electron chi connectivity index (χ1n) is 11.2. The number of aromatic nitrogens is 1. The molecule has 2 unspecified atom stereocenters. The maximum Gasteiger partial charge on any atom is 0.251 e. The molecule has 1 saturated carbocycles. The van der Waals surface area contributed by atoms with Gasteiger partial charge in [-0.15, -0.1) is 0 Å². The third-order valence-electron chi connectivity index (χ3n) is 6.90. The number of hydrazine groups is 1. The molecule has 2 aliphatic heterocycles. The number of piperidine rings is 1. The number of benzene rings is 1. The minimum Gasteiger partial charge on any atom is -0.357 e. The van der Waals surface area contributed by atoms with Crippen molar-refractivity contribution >= 4 is 11.7 Å². The van der Waals surface area contributed by atoms with E-state index in [0.717, 1.165) is 56.7 Å². The van der Waals surface area contributed by atoms with Crippen LogP contribution in [-0.2, 0) is 0 Å². The Morgan fingerprint density at radius 2 is 1.93 bits per heavy atom. The van der Waals surface area contributed by atoms with Crippen molar-refractivity contribution in [3.8, 4) is 0 Å². The molecule has 2 aromatic rings. The summed E-state index contributed by atoms with van der Waals surface area (Å²) in [4.78, 5) is 19.3. The standard InChI is InChI=1S/C24H31N5O/c1-16-4-2-3-5-20(16)21-15-26-28-23(21)17-9-12-29(13-10-17)22-14-18(8-11-25-22)24(30)27-19-6-7-19/h2-5,8,11,14,17,19,21,23,26,28H,6-7,9-10,12-13,15H2,1H3,(H,27,30). The van der Waals surface area contributed by atoms with Gasteiger partial charge in [0.1, 0.15) is 5.82 Å². The summed E-state index contributed by atoms with van der Waals surface area (Å²) in [6, 6.07) is 13.4. The molecule has 1 aromatic carbocycles. The Labute approximate surface area is 178 Å². The van der Waals surface area contributed by atoms with Gasteiger partial charge < -0.3 is 10.2 Å². The van der Waals surface area contributed by atoms with Crippen LogP contribution in [-0.4, -0.2) is 42.6 Å². The molecule has 3 heterocycles. The first-order chi connectivity index (χ1) is 14.7. The molecule has 6 heteroatoms. The molecular weight excluding hydrogens is 374 g/mol. The second-order valence-electron chi connectivity index (χ2n) is 8.99. The summed E-state index contributed by atoms with van der Waals surface area (Å²) in [6.45, 7) is 5.15. The van der Waals surface area contributed by atoms with Gasteiger partial charge in [-0.2, -0.15) is 0 Å². The molecule has 3 fully saturated rings. The van der Waals surface area contributed by atoms with Crippen LogP contribution in [0.3, 0.4) is 0 Å². The molecule has 1 aromatic heterocycles. The molecule has 1 aliphatic carbocycles. The molecule has 2 saturated heterocycles. The summed E-state index contributed by atoms with van der Waals surface area (Å²) in [5.74, 6) is 2.08. The van der Waals surface area contributed by atoms with E-state index < -0.39 is 0 Å². The number of carbonyl (C=O) groups excluding carboxylic acids is 1. The van der Waals surface area contributed by atoms with E-state index in [0.29, 0.717) is 23.9 Å². The predicted octanol–water partition coefficient (Wildman–Crippen LogP) is 2.76. The molecule has 0 spiro atoms. The van der Waals surface area contributed by atoms with Crippen LogP contribution in [0, 0.1) is 12.8 Å². The van der Waals surface area contributed by atoms with Gasteiger partial charge in [0.05, 0.1) is 0 Å². The Bertz CT molecular complexity index is 904. The van der Waals surface area contributed by atoms with E-state index in [1.807, 2.05) is 12.1 Å². The molecule has 0 bridgehead atoms. The quantitative estimate of drug-likeness (QED) is 0.714. The molecule has 6 nitrogen and oxygen atoms in total. The van der Waals surface area contributed by atoms with Gasteiger partial charge in [0, 0.05) is 49.4 Å². The third kappa shape index (κ3) is 4.07. The largest absolute Gasteiger partial charge is 0.357 e. The summed E-state index contributed by atoms with van der Waals surface area (Å²) < 4.78 is 0. The Balaban J connectivity index is 1.23. The molecular formula is C24H31N5O. The first-order valence-corrected chi connectivity index (χ1v) is 11.2. The summed E-state index contributed by atoms with van der Waals surface area (Å²) in [5.41, 5.74) is 10.5. The molecule has 30 heavy (non-hydrogen) atoms. The molecule has 158 valence electrons. The average Bonchev–Trinajstić information content (AvgIpc) is 3.46. The number of hydrogen-bond acceptors (Lipinski definition) is 5. The molecule has 1 amide bonds. The topological polar surface area (TPSA) is 69.3 Å². The number of rotatable bonds is 5. The normalized spacial score (nSPS) is 24.8. The van der Waals surface area contributed by atoms with Crippen LogP contribution in [0.4, 0.5) is 5.82 Å². The number of nitrogens with one attached hydrogen (secondary N) is 3. The lowest BCUT2D eigenvalue weighted by Gasteiger charge is -2.37. The highest BCUT2D eigenvalue weighted by Crippen LogP contribution is 2.34. The Kier molecular flexibility index (Phi) is 5.44. The fourth-order valence-corrected chi connectivity index (χ4v) is 4.98. The van der Waals surface area contributed by atoms with Gasteiger partial charge in [0.15, 0.2) is 0 Å². The summed E-state index contributed by atoms with van der Waals surface area (Å²) in [7, 11) is 0. The maximum atomic E-state index is 12.4. The minimum absolute atomic E-state index is 0.0262. The molecule has 5 rings (SSSR count). The van der Waals surface area contributed by atoms with Crippen molar-refractivity contribution in [3.05, 3.63) is 59.3 Å². The maximum absolute atomic E-state index is 12.4. The summed E-state index contributed by atoms with van der Waals surface area (Å²) >= 11 is 0. The fourth-order valence-electron chi connectivity index (χ4n) is 4.98. The van der Waals surface area contributed by atoms with E-state index in [2.05, 4.69) is 57.2 Å². The average molecular weight is 406 g/mol. The van der Waals surface area contributed by atoms with Crippen LogP contribution in [0.1, 0.15) is 53.1 Å². The zero-order valence-electron chi connectivity index (χ0n) is 17.6. The van der Waals surface area contributed by atoms with E-state index in [1.165, 1.54) is 11.1 Å². The van der Waals surface area contributed by atoms with Gasteiger partial charge in [0.25, 0.3) is 5.91 Å². The SMILES string of the molecule is Cc1ccccc1C1CNNC1C1CCN(c2cc(C(=O)NC3CC3)ccn2)CC1. The number of amides is 1. The van der Waals surface area contributed by atoms with E-state index in [1.54, 1.807) is 6.20 Å². The second kappa shape index (κ2) is 8.36. The number of hydrogen-bond donors (Lipinski definition) is 3. The van der Waals surface area contributed by atoms with Crippen molar-refractivity contribution in [2.24, 2.45) is 5.92 Å². The van der Waals surface area contributed by atoms with Crippen LogP contribution in [0.5, 0.6) is 0 Å². The lowest BCUT2D eigenvalue weighted by molar-refractivity contribution is 0.0951. The van der Waals surface area contributed by atoms with Crippen molar-refractivity contribution in [1.82, 2.24) is 21.2 Å². The first kappa shape index (κ1) is 19.5. The fraction of sp³-hybridized carbons (Fsp3) is 0.500. The molecule has 3 N–H and O–H groups in total. The highest BCUT2D eigenvalue weighted by atomic mass is 16.1. The van der Waals surface area contributed by atoms with Crippen LogP contribution in [0.2, 0.25) is 0 Å². The Hall–Kier alpha value is -2.44. The van der Waals surface area contributed by atoms with Crippen LogP contribution in [0.15, 0.2) is 42.6 Å². The van der Waals surface area contributed by atoms with E-state index >= 15 is 0 Å². The number of nitrogens with zero attached hydrogens (tertiary/aromatic N) is 2. The Morgan fingerprint density at radius 3 is 2.70 bits per heavy atom. The van der Waals surface area contributed by atoms with Crippen molar-refractivity contribution in [3.63, 3.8) is 0 Å². The van der Waals surface area contributed by atoms with Crippen molar-refractivity contribution < 1.29 is 4.79 Å². The second-order valence-corrected chi connectivity index (χ2v) is 8.99. The predicted molar refractivity (Wildman–Crippen MR) is 119 cm³/mol. The Morgan fingerprint density at radius 1 is 1.13 bits per heavy atom. The van der Waals surface area contributed by atoms with Crippen molar-refractivity contribution in [2.45, 2.75) is 50.6 Å². The van der Waals surface area contributed by atoms with Gasteiger partial charge in [-0.25, -0.2) is 4.98 Å².